The lowest BCUT2D eigenvalue weighted by Gasteiger charge is -2.12. The molecule has 0 amide bonds. The van der Waals surface area contributed by atoms with Gasteiger partial charge in [0.2, 0.25) is 0 Å². The summed E-state index contributed by atoms with van der Waals surface area (Å²) in [5.41, 5.74) is 3.32. The minimum absolute atomic E-state index is 0.158. The molecule has 1 unspecified atom stereocenters. The zero-order valence-electron chi connectivity index (χ0n) is 12.3. The van der Waals surface area contributed by atoms with Gasteiger partial charge in [-0.3, -0.25) is 0 Å². The fourth-order valence-electron chi connectivity index (χ4n) is 2.11. The Bertz CT molecular complexity index is 643. The van der Waals surface area contributed by atoms with Crippen LogP contribution in [0.2, 0.25) is 5.02 Å². The summed E-state index contributed by atoms with van der Waals surface area (Å²) in [6.07, 6.45) is 0.643. The molecule has 0 spiro atoms. The first-order chi connectivity index (χ1) is 10.1. The van der Waals surface area contributed by atoms with E-state index in [0.717, 1.165) is 11.1 Å². The van der Waals surface area contributed by atoms with Crippen LogP contribution in [0.1, 0.15) is 29.0 Å². The van der Waals surface area contributed by atoms with Gasteiger partial charge >= 0.3 is 0 Å². The molecule has 21 heavy (non-hydrogen) atoms. The number of benzene rings is 2. The molecule has 0 saturated carbocycles. The highest BCUT2D eigenvalue weighted by atomic mass is 35.5. The molecule has 0 heterocycles. The van der Waals surface area contributed by atoms with Gasteiger partial charge in [0, 0.05) is 6.42 Å². The molecule has 0 aliphatic rings. The number of hydrogen-bond acceptors (Lipinski definition) is 2. The SMILES string of the molecule is Cc1ccc(C(C#N)CCOc2cc(C)ccc2Cl)cc1. The van der Waals surface area contributed by atoms with Crippen LogP contribution in [0.4, 0.5) is 0 Å². The van der Waals surface area contributed by atoms with Crippen LogP contribution in [0, 0.1) is 25.2 Å². The second-order valence-corrected chi connectivity index (χ2v) is 5.57. The Morgan fingerprint density at radius 3 is 2.43 bits per heavy atom. The predicted octanol–water partition coefficient (Wildman–Crippen LogP) is 5.03. The third-order valence-electron chi connectivity index (χ3n) is 3.39. The van der Waals surface area contributed by atoms with Gasteiger partial charge < -0.3 is 4.74 Å². The van der Waals surface area contributed by atoms with Crippen molar-refractivity contribution < 1.29 is 4.74 Å². The lowest BCUT2D eigenvalue weighted by atomic mass is 9.97. The highest BCUT2D eigenvalue weighted by molar-refractivity contribution is 6.32. The summed E-state index contributed by atoms with van der Waals surface area (Å²) in [7, 11) is 0. The molecule has 2 rings (SSSR count). The highest BCUT2D eigenvalue weighted by Crippen LogP contribution is 2.26. The average molecular weight is 300 g/mol. The first-order valence-electron chi connectivity index (χ1n) is 6.95. The minimum atomic E-state index is -0.158. The Labute approximate surface area is 130 Å². The summed E-state index contributed by atoms with van der Waals surface area (Å²) in [6, 6.07) is 16.1. The molecule has 3 heteroatoms. The molecule has 2 aromatic rings. The Balaban J connectivity index is 1.96. The van der Waals surface area contributed by atoms with E-state index in [4.69, 9.17) is 16.3 Å². The van der Waals surface area contributed by atoms with Gasteiger partial charge in [0.25, 0.3) is 0 Å². The van der Waals surface area contributed by atoms with E-state index in [1.54, 1.807) is 0 Å². The van der Waals surface area contributed by atoms with Crippen LogP contribution < -0.4 is 4.74 Å². The van der Waals surface area contributed by atoms with E-state index < -0.39 is 0 Å². The third-order valence-corrected chi connectivity index (χ3v) is 3.70. The van der Waals surface area contributed by atoms with Crippen LogP contribution in [-0.4, -0.2) is 6.61 Å². The van der Waals surface area contributed by atoms with Crippen molar-refractivity contribution in [2.45, 2.75) is 26.2 Å². The summed E-state index contributed by atoms with van der Waals surface area (Å²) in [6.45, 7) is 4.50. The van der Waals surface area contributed by atoms with Gasteiger partial charge in [-0.15, -0.1) is 0 Å². The Kier molecular flexibility index (Phi) is 5.25. The van der Waals surface area contributed by atoms with E-state index in [1.807, 2.05) is 56.3 Å². The Hall–Kier alpha value is -1.98. The second-order valence-electron chi connectivity index (χ2n) is 5.16. The molecular weight excluding hydrogens is 282 g/mol. The number of ether oxygens (including phenoxy) is 1. The fourth-order valence-corrected chi connectivity index (χ4v) is 2.28. The molecule has 0 aromatic heterocycles. The van der Waals surface area contributed by atoms with Gasteiger partial charge in [0.15, 0.2) is 0 Å². The molecule has 0 fully saturated rings. The van der Waals surface area contributed by atoms with Gasteiger partial charge in [-0.1, -0.05) is 47.5 Å². The monoisotopic (exact) mass is 299 g/mol. The molecule has 0 saturated heterocycles. The lowest BCUT2D eigenvalue weighted by Crippen LogP contribution is -2.05. The van der Waals surface area contributed by atoms with Crippen LogP contribution in [0.3, 0.4) is 0 Å². The molecule has 2 aromatic carbocycles. The van der Waals surface area contributed by atoms with Gasteiger partial charge in [-0.25, -0.2) is 0 Å². The minimum Gasteiger partial charge on any atom is -0.492 e. The van der Waals surface area contributed by atoms with Crippen molar-refractivity contribution in [1.82, 2.24) is 0 Å². The largest absolute Gasteiger partial charge is 0.492 e. The summed E-state index contributed by atoms with van der Waals surface area (Å²) in [4.78, 5) is 0. The van der Waals surface area contributed by atoms with E-state index >= 15 is 0 Å². The molecule has 0 N–H and O–H groups in total. The number of nitriles is 1. The second kappa shape index (κ2) is 7.15. The quantitative estimate of drug-likeness (QED) is 0.775. The summed E-state index contributed by atoms with van der Waals surface area (Å²) in [5, 5.41) is 9.91. The molecule has 1 atom stereocenters. The highest BCUT2D eigenvalue weighted by Gasteiger charge is 2.11. The summed E-state index contributed by atoms with van der Waals surface area (Å²) in [5.74, 6) is 0.520. The van der Waals surface area contributed by atoms with E-state index in [-0.39, 0.29) is 5.92 Å². The molecular formula is C18H18ClNO. The average Bonchev–Trinajstić information content (AvgIpc) is 2.48. The first-order valence-corrected chi connectivity index (χ1v) is 7.33. The number of hydrogen-bond donors (Lipinski definition) is 0. The molecule has 108 valence electrons. The van der Waals surface area contributed by atoms with E-state index in [0.29, 0.717) is 23.8 Å². The first kappa shape index (κ1) is 15.4. The number of aryl methyl sites for hydroxylation is 2. The number of halogens is 1. The van der Waals surface area contributed by atoms with Crippen LogP contribution in [0.5, 0.6) is 5.75 Å². The fraction of sp³-hybridized carbons (Fsp3) is 0.278. The predicted molar refractivity (Wildman–Crippen MR) is 85.8 cm³/mol. The van der Waals surface area contributed by atoms with Crippen LogP contribution in [0.25, 0.3) is 0 Å². The molecule has 2 nitrogen and oxygen atoms in total. The van der Waals surface area contributed by atoms with Crippen molar-refractivity contribution >= 4 is 11.6 Å². The summed E-state index contributed by atoms with van der Waals surface area (Å²) >= 11 is 6.09. The Morgan fingerprint density at radius 2 is 1.76 bits per heavy atom. The zero-order chi connectivity index (χ0) is 15.2. The molecule has 0 aliphatic carbocycles. The van der Waals surface area contributed by atoms with Gasteiger partial charge in [-0.2, -0.15) is 5.26 Å². The lowest BCUT2D eigenvalue weighted by molar-refractivity contribution is 0.306. The number of rotatable bonds is 5. The van der Waals surface area contributed by atoms with Crippen molar-refractivity contribution in [2.24, 2.45) is 0 Å². The van der Waals surface area contributed by atoms with Gasteiger partial charge in [0.1, 0.15) is 5.75 Å². The maximum atomic E-state index is 9.31. The molecule has 0 bridgehead atoms. The standard InChI is InChI=1S/C18H18ClNO/c1-13-3-6-15(7-4-13)16(12-20)9-10-21-18-11-14(2)5-8-17(18)19/h3-8,11,16H,9-10H2,1-2H3. The smallest absolute Gasteiger partial charge is 0.138 e. The van der Waals surface area contributed by atoms with Crippen molar-refractivity contribution in [2.75, 3.05) is 6.61 Å². The van der Waals surface area contributed by atoms with Crippen molar-refractivity contribution in [3.8, 4) is 11.8 Å². The Morgan fingerprint density at radius 1 is 1.10 bits per heavy atom. The topological polar surface area (TPSA) is 33.0 Å². The normalized spacial score (nSPS) is 11.7. The maximum absolute atomic E-state index is 9.31. The number of nitrogens with zero attached hydrogens (tertiary/aromatic N) is 1. The van der Waals surface area contributed by atoms with Gasteiger partial charge in [-0.05, 0) is 37.1 Å². The van der Waals surface area contributed by atoms with Crippen molar-refractivity contribution in [1.29, 1.82) is 5.26 Å². The zero-order valence-corrected chi connectivity index (χ0v) is 13.0. The van der Waals surface area contributed by atoms with E-state index in [2.05, 4.69) is 6.07 Å². The van der Waals surface area contributed by atoms with Gasteiger partial charge in [0.05, 0.1) is 23.6 Å². The van der Waals surface area contributed by atoms with Crippen LogP contribution >= 0.6 is 11.6 Å². The van der Waals surface area contributed by atoms with Crippen LogP contribution in [0.15, 0.2) is 42.5 Å². The van der Waals surface area contributed by atoms with E-state index in [9.17, 15) is 5.26 Å². The maximum Gasteiger partial charge on any atom is 0.138 e. The molecule has 0 radical (unpaired) electrons. The van der Waals surface area contributed by atoms with Crippen LogP contribution in [-0.2, 0) is 0 Å². The molecule has 0 aliphatic heterocycles. The van der Waals surface area contributed by atoms with Crippen molar-refractivity contribution in [3.05, 3.63) is 64.2 Å². The van der Waals surface area contributed by atoms with Crippen molar-refractivity contribution in [3.63, 3.8) is 0 Å². The third kappa shape index (κ3) is 4.24. The summed E-state index contributed by atoms with van der Waals surface area (Å²) < 4.78 is 5.71. The van der Waals surface area contributed by atoms with E-state index in [1.165, 1.54) is 5.56 Å².